The van der Waals surface area contributed by atoms with Gasteiger partial charge >= 0.3 is 5.97 Å². The highest BCUT2D eigenvalue weighted by Crippen LogP contribution is 2.16. The van der Waals surface area contributed by atoms with Gasteiger partial charge in [-0.15, -0.1) is 0 Å². The van der Waals surface area contributed by atoms with E-state index in [1.807, 2.05) is 26.0 Å². The summed E-state index contributed by atoms with van der Waals surface area (Å²) < 4.78 is 17.1. The van der Waals surface area contributed by atoms with Gasteiger partial charge in [0.2, 0.25) is 0 Å². The molecule has 0 unspecified atom stereocenters. The van der Waals surface area contributed by atoms with Crippen LogP contribution in [0.1, 0.15) is 28.4 Å². The summed E-state index contributed by atoms with van der Waals surface area (Å²) in [5.41, 5.74) is 3.06. The van der Waals surface area contributed by atoms with Crippen molar-refractivity contribution in [3.63, 3.8) is 0 Å². The van der Waals surface area contributed by atoms with Gasteiger partial charge < -0.3 is 10.1 Å². The summed E-state index contributed by atoms with van der Waals surface area (Å²) >= 11 is 0. The summed E-state index contributed by atoms with van der Waals surface area (Å²) in [6.45, 7) is 5.31. The molecular formula is C19H21NO4S. The van der Waals surface area contributed by atoms with Gasteiger partial charge in [-0.3, -0.25) is 9.00 Å². The fourth-order valence-corrected chi connectivity index (χ4v) is 3.15. The average molecular weight is 359 g/mol. The normalized spacial score (nSPS) is 11.6. The molecule has 0 saturated carbocycles. The van der Waals surface area contributed by atoms with Crippen molar-refractivity contribution < 1.29 is 18.5 Å². The van der Waals surface area contributed by atoms with Crippen molar-refractivity contribution >= 4 is 28.4 Å². The molecule has 0 aliphatic heterocycles. The number of ether oxygens (including phenoxy) is 1. The topological polar surface area (TPSA) is 72.5 Å². The predicted octanol–water partition coefficient (Wildman–Crippen LogP) is 3.23. The summed E-state index contributed by atoms with van der Waals surface area (Å²) in [4.78, 5) is 24.6. The van der Waals surface area contributed by atoms with Crippen molar-refractivity contribution in [2.24, 2.45) is 0 Å². The maximum absolute atomic E-state index is 12.2. The Hall–Kier alpha value is -2.47. The maximum Gasteiger partial charge on any atom is 0.339 e. The summed E-state index contributed by atoms with van der Waals surface area (Å²) in [7, 11) is -1.27. The molecule has 0 radical (unpaired) electrons. The van der Waals surface area contributed by atoms with E-state index < -0.39 is 29.3 Å². The number of hydrogen-bond acceptors (Lipinski definition) is 4. The van der Waals surface area contributed by atoms with E-state index in [1.165, 1.54) is 0 Å². The first-order chi connectivity index (χ1) is 11.9. The largest absolute Gasteiger partial charge is 0.452 e. The van der Waals surface area contributed by atoms with Crippen LogP contribution in [0.3, 0.4) is 0 Å². The van der Waals surface area contributed by atoms with E-state index in [1.54, 1.807) is 37.3 Å². The Kier molecular flexibility index (Phi) is 6.47. The molecule has 0 aromatic heterocycles. The van der Waals surface area contributed by atoms with E-state index in [-0.39, 0.29) is 5.56 Å². The number of amides is 1. The lowest BCUT2D eigenvalue weighted by Gasteiger charge is -2.10. The van der Waals surface area contributed by atoms with Gasteiger partial charge in [-0.2, -0.15) is 0 Å². The lowest BCUT2D eigenvalue weighted by atomic mass is 10.1. The molecule has 2 aromatic rings. The molecule has 0 heterocycles. The van der Waals surface area contributed by atoms with E-state index >= 15 is 0 Å². The van der Waals surface area contributed by atoms with Gasteiger partial charge in [0.15, 0.2) is 6.61 Å². The van der Waals surface area contributed by atoms with Gasteiger partial charge in [-0.1, -0.05) is 25.1 Å². The molecule has 1 amide bonds. The standard InChI is InChI=1S/C19H21NO4S/c1-4-25(23)17-8-6-5-7-16(17)19(22)24-12-18(21)20-15-10-9-13(2)14(3)11-15/h5-11H,4,12H2,1-3H3,(H,20,21)/t25-/m0/s1. The number of anilines is 1. The third kappa shape index (κ3) is 5.00. The third-order valence-corrected chi connectivity index (χ3v) is 5.11. The lowest BCUT2D eigenvalue weighted by Crippen LogP contribution is -2.21. The number of benzene rings is 2. The zero-order valence-corrected chi connectivity index (χ0v) is 15.3. The zero-order chi connectivity index (χ0) is 18.4. The van der Waals surface area contributed by atoms with Crippen molar-refractivity contribution in [1.29, 1.82) is 0 Å². The highest BCUT2D eigenvalue weighted by molar-refractivity contribution is 7.85. The van der Waals surface area contributed by atoms with Gasteiger partial charge in [0, 0.05) is 11.4 Å². The molecule has 1 atom stereocenters. The first-order valence-electron chi connectivity index (χ1n) is 7.94. The first kappa shape index (κ1) is 18.9. The van der Waals surface area contributed by atoms with E-state index in [4.69, 9.17) is 4.74 Å². The molecule has 2 aromatic carbocycles. The minimum atomic E-state index is -1.27. The van der Waals surface area contributed by atoms with Crippen molar-refractivity contribution in [2.75, 3.05) is 17.7 Å². The van der Waals surface area contributed by atoms with E-state index in [0.29, 0.717) is 16.3 Å². The van der Waals surface area contributed by atoms with Crippen molar-refractivity contribution in [3.05, 3.63) is 59.2 Å². The Morgan fingerprint density at radius 1 is 1.08 bits per heavy atom. The molecule has 0 bridgehead atoms. The molecule has 5 nitrogen and oxygen atoms in total. The van der Waals surface area contributed by atoms with Gasteiger partial charge in [-0.25, -0.2) is 4.79 Å². The third-order valence-electron chi connectivity index (χ3n) is 3.74. The highest BCUT2D eigenvalue weighted by atomic mass is 32.2. The van der Waals surface area contributed by atoms with Crippen LogP contribution in [0.4, 0.5) is 5.69 Å². The second kappa shape index (κ2) is 8.58. The maximum atomic E-state index is 12.2. The molecule has 132 valence electrons. The highest BCUT2D eigenvalue weighted by Gasteiger charge is 2.17. The van der Waals surface area contributed by atoms with Crippen molar-refractivity contribution in [2.45, 2.75) is 25.7 Å². The monoisotopic (exact) mass is 359 g/mol. The van der Waals surface area contributed by atoms with Crippen LogP contribution >= 0.6 is 0 Å². The summed E-state index contributed by atoms with van der Waals surface area (Å²) in [6, 6.07) is 12.1. The molecule has 0 aliphatic carbocycles. The minimum Gasteiger partial charge on any atom is -0.452 e. The fourth-order valence-electron chi connectivity index (χ4n) is 2.21. The van der Waals surface area contributed by atoms with Crippen LogP contribution in [-0.2, 0) is 20.3 Å². The van der Waals surface area contributed by atoms with Crippen molar-refractivity contribution in [3.8, 4) is 0 Å². The smallest absolute Gasteiger partial charge is 0.339 e. The van der Waals surface area contributed by atoms with E-state index in [0.717, 1.165) is 11.1 Å². The second-order valence-corrected chi connectivity index (χ2v) is 7.26. The molecule has 0 fully saturated rings. The molecule has 25 heavy (non-hydrogen) atoms. The van der Waals surface area contributed by atoms with Crippen molar-refractivity contribution in [1.82, 2.24) is 0 Å². The van der Waals surface area contributed by atoms with Crippen LogP contribution in [0.2, 0.25) is 0 Å². The van der Waals surface area contributed by atoms with Gasteiger partial charge in [0.05, 0.1) is 21.3 Å². The SMILES string of the molecule is CC[S@](=O)c1ccccc1C(=O)OCC(=O)Nc1ccc(C)c(C)c1. The summed E-state index contributed by atoms with van der Waals surface area (Å²) in [5, 5.41) is 2.69. The molecule has 0 spiro atoms. The fraction of sp³-hybridized carbons (Fsp3) is 0.263. The molecule has 2 rings (SSSR count). The molecule has 1 N–H and O–H groups in total. The Labute approximate surface area is 149 Å². The number of nitrogens with one attached hydrogen (secondary N) is 1. The molecule has 0 aliphatic rings. The predicted molar refractivity (Wildman–Crippen MR) is 98.2 cm³/mol. The number of esters is 1. The van der Waals surface area contributed by atoms with Crippen LogP contribution in [-0.4, -0.2) is 28.4 Å². The van der Waals surface area contributed by atoms with Gasteiger partial charge in [0.25, 0.3) is 5.91 Å². The van der Waals surface area contributed by atoms with Crippen LogP contribution < -0.4 is 5.32 Å². The van der Waals surface area contributed by atoms with Crippen LogP contribution in [0, 0.1) is 13.8 Å². The van der Waals surface area contributed by atoms with Crippen LogP contribution in [0.5, 0.6) is 0 Å². The van der Waals surface area contributed by atoms with E-state index in [2.05, 4.69) is 5.32 Å². The van der Waals surface area contributed by atoms with Crippen LogP contribution in [0.15, 0.2) is 47.4 Å². The average Bonchev–Trinajstić information content (AvgIpc) is 2.62. The summed E-state index contributed by atoms with van der Waals surface area (Å²) in [6.07, 6.45) is 0. The van der Waals surface area contributed by atoms with Gasteiger partial charge in [0.1, 0.15) is 0 Å². The van der Waals surface area contributed by atoms with Gasteiger partial charge in [-0.05, 0) is 49.2 Å². The lowest BCUT2D eigenvalue weighted by molar-refractivity contribution is -0.119. The van der Waals surface area contributed by atoms with E-state index in [9.17, 15) is 13.8 Å². The summed E-state index contributed by atoms with van der Waals surface area (Å²) in [5.74, 6) is -0.685. The molecule has 6 heteroatoms. The quantitative estimate of drug-likeness (QED) is 0.804. The Morgan fingerprint density at radius 2 is 1.80 bits per heavy atom. The molecule has 0 saturated heterocycles. The number of rotatable bonds is 6. The zero-order valence-electron chi connectivity index (χ0n) is 14.5. The van der Waals surface area contributed by atoms with Crippen LogP contribution in [0.25, 0.3) is 0 Å². The number of hydrogen-bond donors (Lipinski definition) is 1. The first-order valence-corrected chi connectivity index (χ1v) is 9.26. The number of carbonyl (C=O) groups excluding carboxylic acids is 2. The molecular weight excluding hydrogens is 338 g/mol. The Morgan fingerprint density at radius 3 is 2.48 bits per heavy atom. The Bertz CT molecular complexity index is 817. The number of aryl methyl sites for hydroxylation is 2. The Balaban J connectivity index is 1.99. The second-order valence-electron chi connectivity index (χ2n) is 5.55. The number of carbonyl (C=O) groups is 2. The minimum absolute atomic E-state index is 0.224.